The Labute approximate surface area is 80.1 Å². The molecule has 0 spiro atoms. The number of hydrogen-bond donors (Lipinski definition) is 1. The number of methoxy groups -OCH3 is 1. The quantitative estimate of drug-likeness (QED) is 0.588. The highest BCUT2D eigenvalue weighted by Gasteiger charge is 2.07. The van der Waals surface area contributed by atoms with E-state index in [1.54, 1.807) is 14.0 Å². The lowest BCUT2D eigenvalue weighted by Gasteiger charge is -2.13. The van der Waals surface area contributed by atoms with E-state index in [9.17, 15) is 4.79 Å². The van der Waals surface area contributed by atoms with Crippen LogP contribution >= 0.6 is 0 Å². The van der Waals surface area contributed by atoms with Crippen LogP contribution in [-0.4, -0.2) is 30.7 Å². The molecule has 0 radical (unpaired) electrons. The van der Waals surface area contributed by atoms with E-state index in [4.69, 9.17) is 9.84 Å². The zero-order valence-corrected chi connectivity index (χ0v) is 8.58. The Hall–Kier alpha value is -0.410. The van der Waals surface area contributed by atoms with Crippen molar-refractivity contribution < 1.29 is 14.6 Å². The number of carbonyl (C=O) groups is 1. The van der Waals surface area contributed by atoms with Gasteiger partial charge in [0.1, 0.15) is 5.78 Å². The minimum atomic E-state index is 0.176. The van der Waals surface area contributed by atoms with Crippen molar-refractivity contribution >= 4 is 5.78 Å². The van der Waals surface area contributed by atoms with Crippen molar-refractivity contribution in [3.8, 4) is 0 Å². The van der Waals surface area contributed by atoms with Gasteiger partial charge in [0.25, 0.3) is 0 Å². The van der Waals surface area contributed by atoms with Crippen LogP contribution in [-0.2, 0) is 9.53 Å². The first-order valence-corrected chi connectivity index (χ1v) is 4.83. The first-order valence-electron chi connectivity index (χ1n) is 4.83. The molecule has 0 saturated carbocycles. The van der Waals surface area contributed by atoms with E-state index in [0.29, 0.717) is 6.42 Å². The van der Waals surface area contributed by atoms with E-state index in [2.05, 4.69) is 0 Å². The van der Waals surface area contributed by atoms with Crippen LogP contribution < -0.4 is 0 Å². The van der Waals surface area contributed by atoms with Gasteiger partial charge in [0.2, 0.25) is 0 Å². The summed E-state index contributed by atoms with van der Waals surface area (Å²) >= 11 is 0. The highest BCUT2D eigenvalue weighted by molar-refractivity contribution is 5.75. The molecule has 0 aliphatic heterocycles. The van der Waals surface area contributed by atoms with Crippen molar-refractivity contribution in [3.05, 3.63) is 0 Å². The minimum absolute atomic E-state index is 0.176. The van der Waals surface area contributed by atoms with Gasteiger partial charge in [-0.3, -0.25) is 0 Å². The summed E-state index contributed by atoms with van der Waals surface area (Å²) < 4.78 is 5.21. The number of rotatable bonds is 8. The van der Waals surface area contributed by atoms with Crippen LogP contribution in [0, 0.1) is 0 Å². The van der Waals surface area contributed by atoms with Crippen LogP contribution in [0.3, 0.4) is 0 Å². The second-order valence-corrected chi connectivity index (χ2v) is 3.32. The molecule has 0 fully saturated rings. The van der Waals surface area contributed by atoms with Crippen LogP contribution in [0.25, 0.3) is 0 Å². The number of Topliss-reactive ketones (excluding diaryl/α,β-unsaturated/α-hetero) is 1. The molecule has 78 valence electrons. The van der Waals surface area contributed by atoms with Crippen molar-refractivity contribution in [2.45, 2.75) is 45.1 Å². The van der Waals surface area contributed by atoms with Gasteiger partial charge in [-0.1, -0.05) is 0 Å². The molecule has 3 nitrogen and oxygen atoms in total. The molecule has 0 bridgehead atoms. The van der Waals surface area contributed by atoms with E-state index >= 15 is 0 Å². The van der Waals surface area contributed by atoms with Crippen LogP contribution in [0.2, 0.25) is 0 Å². The molecular formula is C10H20O3. The maximum Gasteiger partial charge on any atom is 0.129 e. The zero-order valence-electron chi connectivity index (χ0n) is 8.58. The summed E-state index contributed by atoms with van der Waals surface area (Å²) in [5.74, 6) is 0.212. The van der Waals surface area contributed by atoms with Crippen molar-refractivity contribution in [2.24, 2.45) is 0 Å². The summed E-state index contributed by atoms with van der Waals surface area (Å²) in [5.41, 5.74) is 0. The molecule has 0 saturated heterocycles. The van der Waals surface area contributed by atoms with E-state index in [0.717, 1.165) is 25.7 Å². The average molecular weight is 188 g/mol. The second kappa shape index (κ2) is 8.20. The third kappa shape index (κ3) is 7.94. The molecule has 0 heterocycles. The van der Waals surface area contributed by atoms with Crippen LogP contribution in [0.1, 0.15) is 39.0 Å². The minimum Gasteiger partial charge on any atom is -0.396 e. The van der Waals surface area contributed by atoms with Crippen LogP contribution in [0.4, 0.5) is 0 Å². The van der Waals surface area contributed by atoms with Gasteiger partial charge < -0.3 is 14.6 Å². The Morgan fingerprint density at radius 3 is 2.54 bits per heavy atom. The molecule has 0 rings (SSSR count). The summed E-state index contributed by atoms with van der Waals surface area (Å²) in [5, 5.41) is 8.58. The zero-order chi connectivity index (χ0) is 10.1. The van der Waals surface area contributed by atoms with Crippen molar-refractivity contribution in [1.29, 1.82) is 0 Å². The van der Waals surface area contributed by atoms with E-state index < -0.39 is 0 Å². The Kier molecular flexibility index (Phi) is 7.94. The molecule has 0 aliphatic rings. The van der Waals surface area contributed by atoms with Crippen molar-refractivity contribution in [2.75, 3.05) is 13.7 Å². The maximum atomic E-state index is 10.7. The Morgan fingerprint density at radius 2 is 2.08 bits per heavy atom. The first-order chi connectivity index (χ1) is 6.20. The first kappa shape index (κ1) is 12.6. The molecule has 3 heteroatoms. The standard InChI is InChI=1S/C10H20O3/c1-9(12)6-7-10(13-2)5-3-4-8-11/h10-11H,3-8H2,1-2H3. The highest BCUT2D eigenvalue weighted by atomic mass is 16.5. The second-order valence-electron chi connectivity index (χ2n) is 3.32. The molecule has 13 heavy (non-hydrogen) atoms. The molecule has 0 aliphatic carbocycles. The fraction of sp³-hybridized carbons (Fsp3) is 0.900. The van der Waals surface area contributed by atoms with Gasteiger partial charge in [-0.05, 0) is 32.6 Å². The molecule has 0 aromatic rings. The van der Waals surface area contributed by atoms with Gasteiger partial charge in [-0.2, -0.15) is 0 Å². The smallest absolute Gasteiger partial charge is 0.129 e. The average Bonchev–Trinajstić information content (AvgIpc) is 2.10. The lowest BCUT2D eigenvalue weighted by Crippen LogP contribution is -2.12. The number of carbonyl (C=O) groups excluding carboxylic acids is 1. The number of aliphatic hydroxyl groups excluding tert-OH is 1. The van der Waals surface area contributed by atoms with Gasteiger partial charge in [0.15, 0.2) is 0 Å². The van der Waals surface area contributed by atoms with E-state index in [1.807, 2.05) is 0 Å². The van der Waals surface area contributed by atoms with Crippen molar-refractivity contribution in [1.82, 2.24) is 0 Å². The van der Waals surface area contributed by atoms with Gasteiger partial charge in [0, 0.05) is 20.1 Å². The summed E-state index contributed by atoms with van der Waals surface area (Å²) in [7, 11) is 1.67. The van der Waals surface area contributed by atoms with Gasteiger partial charge >= 0.3 is 0 Å². The molecule has 0 aromatic carbocycles. The van der Waals surface area contributed by atoms with Gasteiger partial charge in [-0.15, -0.1) is 0 Å². The number of hydrogen-bond acceptors (Lipinski definition) is 3. The molecule has 0 aromatic heterocycles. The summed E-state index contributed by atoms with van der Waals surface area (Å²) in [6.07, 6.45) is 4.29. The fourth-order valence-electron chi connectivity index (χ4n) is 1.23. The lowest BCUT2D eigenvalue weighted by atomic mass is 10.1. The monoisotopic (exact) mass is 188 g/mol. The normalized spacial score (nSPS) is 12.8. The summed E-state index contributed by atoms with van der Waals surface area (Å²) in [6, 6.07) is 0. The third-order valence-electron chi connectivity index (χ3n) is 2.09. The topological polar surface area (TPSA) is 46.5 Å². The summed E-state index contributed by atoms with van der Waals surface area (Å²) in [6.45, 7) is 1.84. The Balaban J connectivity index is 3.45. The largest absolute Gasteiger partial charge is 0.396 e. The highest BCUT2D eigenvalue weighted by Crippen LogP contribution is 2.10. The summed E-state index contributed by atoms with van der Waals surface area (Å²) in [4.78, 5) is 10.7. The number of ether oxygens (including phenoxy) is 1. The van der Waals surface area contributed by atoms with E-state index in [1.165, 1.54) is 0 Å². The number of aliphatic hydroxyl groups is 1. The van der Waals surface area contributed by atoms with Gasteiger partial charge in [-0.25, -0.2) is 0 Å². The fourth-order valence-corrected chi connectivity index (χ4v) is 1.23. The Bertz CT molecular complexity index is 134. The lowest BCUT2D eigenvalue weighted by molar-refractivity contribution is -0.117. The van der Waals surface area contributed by atoms with E-state index in [-0.39, 0.29) is 18.5 Å². The Morgan fingerprint density at radius 1 is 1.38 bits per heavy atom. The SMILES string of the molecule is COC(CCCCO)CCC(C)=O. The number of ketones is 1. The third-order valence-corrected chi connectivity index (χ3v) is 2.09. The molecular weight excluding hydrogens is 168 g/mol. The predicted octanol–water partition coefficient (Wildman–Crippen LogP) is 1.53. The van der Waals surface area contributed by atoms with Crippen molar-refractivity contribution in [3.63, 3.8) is 0 Å². The molecule has 1 N–H and O–H groups in total. The predicted molar refractivity (Wildman–Crippen MR) is 51.6 cm³/mol. The molecule has 1 unspecified atom stereocenters. The number of unbranched alkanes of at least 4 members (excludes halogenated alkanes) is 1. The van der Waals surface area contributed by atoms with Crippen LogP contribution in [0.5, 0.6) is 0 Å². The molecule has 0 amide bonds. The molecule has 1 atom stereocenters. The van der Waals surface area contributed by atoms with Crippen LogP contribution in [0.15, 0.2) is 0 Å². The van der Waals surface area contributed by atoms with Gasteiger partial charge in [0.05, 0.1) is 6.10 Å². The maximum absolute atomic E-state index is 10.7.